The summed E-state index contributed by atoms with van der Waals surface area (Å²) in [7, 11) is 0. The molecule has 0 bridgehead atoms. The van der Waals surface area contributed by atoms with Crippen LogP contribution in [0.4, 0.5) is 5.69 Å². The number of nitrogens with two attached hydrogens (primary N) is 1. The highest BCUT2D eigenvalue weighted by molar-refractivity contribution is 5.95. The second-order valence-corrected chi connectivity index (χ2v) is 7.76. The van der Waals surface area contributed by atoms with Gasteiger partial charge in [-0.05, 0) is 73.9 Å². The number of nitrogens with zero attached hydrogens (tertiary/aromatic N) is 2. The highest BCUT2D eigenvalue weighted by Crippen LogP contribution is 2.28. The van der Waals surface area contributed by atoms with Gasteiger partial charge in [0.1, 0.15) is 5.65 Å². The van der Waals surface area contributed by atoms with Crippen LogP contribution in [-0.4, -0.2) is 21.2 Å². The maximum atomic E-state index is 12.9. The first kappa shape index (κ1) is 20.3. The number of carbonyl (C=O) groups excluding carboxylic acids is 2. The van der Waals surface area contributed by atoms with Crippen LogP contribution in [0, 0.1) is 20.8 Å². The van der Waals surface area contributed by atoms with Crippen LogP contribution in [0.25, 0.3) is 16.9 Å². The summed E-state index contributed by atoms with van der Waals surface area (Å²) in [5.74, 6) is -0.669. The Hall–Kier alpha value is -3.93. The minimum absolute atomic E-state index is 0.157. The smallest absolute Gasteiger partial charge is 0.248 e. The molecule has 0 aliphatic heterocycles. The monoisotopic (exact) mass is 412 g/mol. The highest BCUT2D eigenvalue weighted by atomic mass is 16.2. The number of pyridine rings is 1. The topological polar surface area (TPSA) is 89.5 Å². The molecule has 4 rings (SSSR count). The van der Waals surface area contributed by atoms with Crippen LogP contribution in [0.2, 0.25) is 0 Å². The lowest BCUT2D eigenvalue weighted by Crippen LogP contribution is -2.16. The lowest BCUT2D eigenvalue weighted by molar-refractivity contribution is -0.115. The third kappa shape index (κ3) is 4.05. The van der Waals surface area contributed by atoms with E-state index in [1.165, 1.54) is 11.1 Å². The van der Waals surface area contributed by atoms with Crippen LogP contribution in [0.15, 0.2) is 60.8 Å². The fourth-order valence-electron chi connectivity index (χ4n) is 3.62. The summed E-state index contributed by atoms with van der Waals surface area (Å²) in [6.07, 6.45) is 2.09. The molecule has 0 unspecified atom stereocenters. The Kier molecular flexibility index (Phi) is 5.29. The summed E-state index contributed by atoms with van der Waals surface area (Å²) in [6, 6.07) is 16.7. The molecule has 0 spiro atoms. The van der Waals surface area contributed by atoms with E-state index in [1.807, 2.05) is 35.7 Å². The van der Waals surface area contributed by atoms with Gasteiger partial charge in [-0.25, -0.2) is 4.98 Å². The quantitative estimate of drug-likeness (QED) is 0.515. The van der Waals surface area contributed by atoms with E-state index in [9.17, 15) is 9.59 Å². The predicted molar refractivity (Wildman–Crippen MR) is 122 cm³/mol. The normalized spacial score (nSPS) is 10.9. The molecule has 6 heteroatoms. The number of hydrogen-bond donors (Lipinski definition) is 2. The fraction of sp³-hybridized carbons (Fsp3) is 0.160. The average molecular weight is 412 g/mol. The van der Waals surface area contributed by atoms with Crippen molar-refractivity contribution >= 4 is 23.1 Å². The van der Waals surface area contributed by atoms with Gasteiger partial charge in [-0.2, -0.15) is 0 Å². The van der Waals surface area contributed by atoms with Gasteiger partial charge in [0, 0.05) is 23.0 Å². The minimum Gasteiger partial charge on any atom is -0.366 e. The number of anilines is 1. The van der Waals surface area contributed by atoms with Gasteiger partial charge >= 0.3 is 0 Å². The van der Waals surface area contributed by atoms with Crippen molar-refractivity contribution in [3.8, 4) is 11.3 Å². The molecule has 4 aromatic rings. The summed E-state index contributed by atoms with van der Waals surface area (Å²) >= 11 is 0. The molecule has 156 valence electrons. The Labute approximate surface area is 180 Å². The van der Waals surface area contributed by atoms with Crippen LogP contribution in [0.3, 0.4) is 0 Å². The maximum absolute atomic E-state index is 12.9. The molecule has 2 heterocycles. The number of hydrogen-bond acceptors (Lipinski definition) is 3. The van der Waals surface area contributed by atoms with Crippen LogP contribution in [0.5, 0.6) is 0 Å². The summed E-state index contributed by atoms with van der Waals surface area (Å²) in [6.45, 7) is 6.16. The Balaban J connectivity index is 1.70. The number of rotatable bonds is 5. The minimum atomic E-state index is -0.503. The molecule has 0 aliphatic carbocycles. The van der Waals surface area contributed by atoms with Gasteiger partial charge < -0.3 is 15.5 Å². The first-order valence-electron chi connectivity index (χ1n) is 10.1. The number of carbonyl (C=O) groups is 2. The molecular formula is C25H24N4O2. The zero-order chi connectivity index (χ0) is 22.1. The van der Waals surface area contributed by atoms with E-state index in [-0.39, 0.29) is 12.3 Å². The highest BCUT2D eigenvalue weighted by Gasteiger charge is 2.18. The molecule has 2 aromatic heterocycles. The molecule has 0 fully saturated rings. The fourth-order valence-corrected chi connectivity index (χ4v) is 3.62. The molecule has 0 radical (unpaired) electrons. The van der Waals surface area contributed by atoms with Crippen LogP contribution in [-0.2, 0) is 11.2 Å². The molecule has 0 aliphatic rings. The molecule has 0 saturated carbocycles. The van der Waals surface area contributed by atoms with Crippen LogP contribution < -0.4 is 11.1 Å². The van der Waals surface area contributed by atoms with Crippen molar-refractivity contribution in [3.63, 3.8) is 0 Å². The molecule has 3 N–H and O–H groups in total. The van der Waals surface area contributed by atoms with Gasteiger partial charge in [-0.15, -0.1) is 0 Å². The predicted octanol–water partition coefficient (Wildman–Crippen LogP) is 4.21. The van der Waals surface area contributed by atoms with E-state index < -0.39 is 5.91 Å². The van der Waals surface area contributed by atoms with E-state index in [0.717, 1.165) is 28.2 Å². The molecule has 0 saturated heterocycles. The van der Waals surface area contributed by atoms with E-state index in [1.54, 1.807) is 24.3 Å². The number of aromatic nitrogens is 2. The Morgan fingerprint density at radius 2 is 1.71 bits per heavy atom. The van der Waals surface area contributed by atoms with Crippen molar-refractivity contribution in [2.45, 2.75) is 27.2 Å². The number of benzene rings is 2. The van der Waals surface area contributed by atoms with E-state index in [4.69, 9.17) is 10.7 Å². The Bertz CT molecular complexity index is 1300. The number of imidazole rings is 1. The first-order valence-corrected chi connectivity index (χ1v) is 10.1. The number of primary amides is 1. The van der Waals surface area contributed by atoms with E-state index in [0.29, 0.717) is 11.3 Å². The van der Waals surface area contributed by atoms with Crippen molar-refractivity contribution in [1.82, 2.24) is 9.38 Å². The standard InChI is InChI=1S/C25H24N4O2/c1-15-6-7-19(13-17(15)3)23-21(29-12-4-5-16(2)25(29)28-23)14-22(30)27-20-10-8-18(9-11-20)24(26)31/h4-13H,14H2,1-3H3,(H2,26,31)(H,27,30). The van der Waals surface area contributed by atoms with Gasteiger partial charge in [0.2, 0.25) is 11.8 Å². The van der Waals surface area contributed by atoms with Gasteiger partial charge in [-0.1, -0.05) is 18.2 Å². The molecule has 31 heavy (non-hydrogen) atoms. The zero-order valence-corrected chi connectivity index (χ0v) is 17.8. The summed E-state index contributed by atoms with van der Waals surface area (Å²) in [4.78, 5) is 29.0. The number of amides is 2. The average Bonchev–Trinajstić information content (AvgIpc) is 3.10. The van der Waals surface area contributed by atoms with Crippen molar-refractivity contribution < 1.29 is 9.59 Å². The third-order valence-electron chi connectivity index (χ3n) is 5.51. The Morgan fingerprint density at radius 1 is 0.968 bits per heavy atom. The first-order chi connectivity index (χ1) is 14.8. The molecule has 0 atom stereocenters. The molecular weight excluding hydrogens is 388 g/mol. The second-order valence-electron chi connectivity index (χ2n) is 7.76. The molecule has 2 amide bonds. The summed E-state index contributed by atoms with van der Waals surface area (Å²) < 4.78 is 1.98. The van der Waals surface area contributed by atoms with Gasteiger partial charge in [0.05, 0.1) is 17.8 Å². The third-order valence-corrected chi connectivity index (χ3v) is 5.51. The van der Waals surface area contributed by atoms with Crippen LogP contribution >= 0.6 is 0 Å². The summed E-state index contributed by atoms with van der Waals surface area (Å²) in [5.41, 5.74) is 13.2. The van der Waals surface area contributed by atoms with Crippen molar-refractivity contribution in [3.05, 3.63) is 88.7 Å². The SMILES string of the molecule is Cc1ccc(-c2nc3c(C)cccn3c2CC(=O)Nc2ccc(C(N)=O)cc2)cc1C. The lowest BCUT2D eigenvalue weighted by atomic mass is 10.0. The largest absolute Gasteiger partial charge is 0.366 e. The van der Waals surface area contributed by atoms with E-state index >= 15 is 0 Å². The Morgan fingerprint density at radius 3 is 2.39 bits per heavy atom. The number of aryl methyl sites for hydroxylation is 3. The number of fused-ring (bicyclic) bond motifs is 1. The lowest BCUT2D eigenvalue weighted by Gasteiger charge is -2.09. The maximum Gasteiger partial charge on any atom is 0.248 e. The zero-order valence-electron chi connectivity index (χ0n) is 17.8. The van der Waals surface area contributed by atoms with Gasteiger partial charge in [-0.3, -0.25) is 9.59 Å². The molecule has 2 aromatic carbocycles. The van der Waals surface area contributed by atoms with Gasteiger partial charge in [0.15, 0.2) is 0 Å². The van der Waals surface area contributed by atoms with E-state index in [2.05, 4.69) is 31.3 Å². The second kappa shape index (κ2) is 8.07. The van der Waals surface area contributed by atoms with Crippen molar-refractivity contribution in [1.29, 1.82) is 0 Å². The van der Waals surface area contributed by atoms with Gasteiger partial charge in [0.25, 0.3) is 0 Å². The van der Waals surface area contributed by atoms with Crippen molar-refractivity contribution in [2.75, 3.05) is 5.32 Å². The molecule has 6 nitrogen and oxygen atoms in total. The number of nitrogens with one attached hydrogen (secondary N) is 1. The summed E-state index contributed by atoms with van der Waals surface area (Å²) in [5, 5.41) is 2.89. The van der Waals surface area contributed by atoms with Crippen LogP contribution in [0.1, 0.15) is 32.7 Å². The van der Waals surface area contributed by atoms with Crippen molar-refractivity contribution in [2.24, 2.45) is 5.73 Å².